The number of aryl methyl sites for hydroxylation is 1. The van der Waals surface area contributed by atoms with Crippen molar-refractivity contribution in [3.8, 4) is 0 Å². The van der Waals surface area contributed by atoms with Crippen LogP contribution >= 0.6 is 0 Å². The SMILES string of the molecule is C=C(/N=c1/cccc(N2CCN(C)CC2)n1C)[C@@H]1CCC[C@H](c2ncccc2C)N1C. The van der Waals surface area contributed by atoms with Gasteiger partial charge in [0.15, 0.2) is 0 Å². The van der Waals surface area contributed by atoms with Crippen molar-refractivity contribution in [1.82, 2.24) is 19.4 Å². The molecule has 0 unspecified atom stereocenters. The fraction of sp³-hybridized carbons (Fsp3) is 0.520. The van der Waals surface area contributed by atoms with Crippen LogP contribution in [0.15, 0.2) is 53.8 Å². The van der Waals surface area contributed by atoms with Crippen molar-refractivity contribution in [2.24, 2.45) is 12.0 Å². The maximum Gasteiger partial charge on any atom is 0.134 e. The summed E-state index contributed by atoms with van der Waals surface area (Å²) in [4.78, 5) is 17.0. The van der Waals surface area contributed by atoms with Gasteiger partial charge in [0.1, 0.15) is 11.3 Å². The van der Waals surface area contributed by atoms with E-state index in [1.54, 1.807) is 0 Å². The van der Waals surface area contributed by atoms with E-state index in [1.165, 1.54) is 17.1 Å². The minimum absolute atomic E-state index is 0.229. The molecule has 4 rings (SSSR count). The topological polar surface area (TPSA) is 39.9 Å². The Balaban J connectivity index is 1.57. The predicted octanol–water partition coefficient (Wildman–Crippen LogP) is 3.12. The van der Waals surface area contributed by atoms with Crippen molar-refractivity contribution in [3.05, 3.63) is 65.5 Å². The zero-order valence-electron chi connectivity index (χ0n) is 19.5. The van der Waals surface area contributed by atoms with Crippen LogP contribution in [0.2, 0.25) is 0 Å². The first-order valence-electron chi connectivity index (χ1n) is 11.4. The molecule has 166 valence electrons. The maximum absolute atomic E-state index is 5.02. The number of rotatable bonds is 4. The van der Waals surface area contributed by atoms with Gasteiger partial charge in [-0.3, -0.25) is 9.88 Å². The lowest BCUT2D eigenvalue weighted by molar-refractivity contribution is 0.132. The van der Waals surface area contributed by atoms with E-state index in [0.29, 0.717) is 6.04 Å². The van der Waals surface area contributed by atoms with Gasteiger partial charge in [0.05, 0.1) is 23.5 Å². The molecule has 2 fully saturated rings. The zero-order chi connectivity index (χ0) is 22.0. The Labute approximate surface area is 186 Å². The van der Waals surface area contributed by atoms with Gasteiger partial charge >= 0.3 is 0 Å². The second-order valence-corrected chi connectivity index (χ2v) is 9.03. The number of piperazine rings is 1. The van der Waals surface area contributed by atoms with Gasteiger partial charge in [-0.05, 0) is 64.0 Å². The first-order chi connectivity index (χ1) is 15.0. The largest absolute Gasteiger partial charge is 0.355 e. The second kappa shape index (κ2) is 9.37. The number of likely N-dealkylation sites (tertiary alicyclic amines) is 1. The Morgan fingerprint density at radius 1 is 1.03 bits per heavy atom. The molecule has 0 aliphatic carbocycles. The summed E-state index contributed by atoms with van der Waals surface area (Å²) in [6.07, 6.45) is 5.29. The summed E-state index contributed by atoms with van der Waals surface area (Å²) in [6, 6.07) is 11.1. The standard InChI is InChI=1S/C25H36N6/c1-19-9-8-14-26-25(19)22-11-6-10-21(29(22)4)20(2)27-23-12-7-13-24(30(23)5)31-17-15-28(3)16-18-31/h7-9,12-14,21-22H,2,6,10-11,15-18H2,1,3-5H3/b27-23-/t21-,22+/m0/s1. The van der Waals surface area contributed by atoms with Gasteiger partial charge in [-0.1, -0.05) is 18.7 Å². The minimum atomic E-state index is 0.229. The smallest absolute Gasteiger partial charge is 0.134 e. The van der Waals surface area contributed by atoms with Crippen molar-refractivity contribution in [3.63, 3.8) is 0 Å². The molecule has 0 bridgehead atoms. The molecular weight excluding hydrogens is 384 g/mol. The molecule has 2 atom stereocenters. The minimum Gasteiger partial charge on any atom is -0.355 e. The van der Waals surface area contributed by atoms with E-state index in [9.17, 15) is 0 Å². The normalized spacial score (nSPS) is 23.9. The molecule has 0 N–H and O–H groups in total. The lowest BCUT2D eigenvalue weighted by Crippen LogP contribution is -2.46. The van der Waals surface area contributed by atoms with Crippen LogP contribution < -0.4 is 10.4 Å². The highest BCUT2D eigenvalue weighted by Gasteiger charge is 2.31. The highest BCUT2D eigenvalue weighted by Crippen LogP contribution is 2.35. The second-order valence-electron chi connectivity index (χ2n) is 9.03. The molecule has 0 aromatic carbocycles. The van der Waals surface area contributed by atoms with Crippen molar-refractivity contribution in [2.75, 3.05) is 45.2 Å². The van der Waals surface area contributed by atoms with Gasteiger partial charge in [-0.15, -0.1) is 0 Å². The molecule has 2 aliphatic heterocycles. The van der Waals surface area contributed by atoms with E-state index in [4.69, 9.17) is 9.98 Å². The summed E-state index contributed by atoms with van der Waals surface area (Å²) in [7, 11) is 6.50. The Hall–Kier alpha value is -2.44. The van der Waals surface area contributed by atoms with Crippen LogP contribution in [-0.2, 0) is 7.05 Å². The van der Waals surface area contributed by atoms with Gasteiger partial charge < -0.3 is 14.4 Å². The third-order valence-corrected chi connectivity index (χ3v) is 6.95. The molecule has 2 aromatic heterocycles. The molecule has 31 heavy (non-hydrogen) atoms. The lowest BCUT2D eigenvalue weighted by atomic mass is 9.91. The molecule has 4 heterocycles. The molecule has 6 nitrogen and oxygen atoms in total. The highest BCUT2D eigenvalue weighted by atomic mass is 15.3. The summed E-state index contributed by atoms with van der Waals surface area (Å²) in [5.41, 5.74) is 4.34. The monoisotopic (exact) mass is 420 g/mol. The highest BCUT2D eigenvalue weighted by molar-refractivity contribution is 5.40. The van der Waals surface area contributed by atoms with Crippen molar-refractivity contribution >= 4 is 5.82 Å². The van der Waals surface area contributed by atoms with Crippen LogP contribution in [0.1, 0.15) is 36.6 Å². The fourth-order valence-electron chi connectivity index (χ4n) is 4.96. The molecule has 2 aromatic rings. The van der Waals surface area contributed by atoms with Gasteiger partial charge in [-0.25, -0.2) is 4.99 Å². The number of pyridine rings is 2. The van der Waals surface area contributed by atoms with Crippen LogP contribution in [0.5, 0.6) is 0 Å². The van der Waals surface area contributed by atoms with Crippen LogP contribution in [0, 0.1) is 6.92 Å². The molecule has 2 saturated heterocycles. The van der Waals surface area contributed by atoms with Crippen molar-refractivity contribution < 1.29 is 0 Å². The molecule has 2 aliphatic rings. The number of hydrogen-bond donors (Lipinski definition) is 0. The molecule has 0 spiro atoms. The predicted molar refractivity (Wildman–Crippen MR) is 127 cm³/mol. The summed E-state index contributed by atoms with van der Waals surface area (Å²) in [5, 5.41) is 0. The lowest BCUT2D eigenvalue weighted by Gasteiger charge is -2.39. The number of hydrogen-bond acceptors (Lipinski definition) is 5. The molecular formula is C25H36N6. The maximum atomic E-state index is 5.02. The number of anilines is 1. The first kappa shape index (κ1) is 21.8. The van der Waals surface area contributed by atoms with Gasteiger partial charge in [0, 0.05) is 39.4 Å². The third kappa shape index (κ3) is 4.60. The number of piperidine rings is 1. The summed E-state index contributed by atoms with van der Waals surface area (Å²) >= 11 is 0. The first-order valence-corrected chi connectivity index (χ1v) is 11.4. The molecule has 0 saturated carbocycles. The summed E-state index contributed by atoms with van der Waals surface area (Å²) in [5.74, 6) is 1.22. The summed E-state index contributed by atoms with van der Waals surface area (Å²) in [6.45, 7) is 10.8. The number of nitrogens with zero attached hydrogens (tertiary/aromatic N) is 6. The average molecular weight is 421 g/mol. The van der Waals surface area contributed by atoms with Crippen LogP contribution in [-0.4, -0.2) is 65.7 Å². The molecule has 0 amide bonds. The number of likely N-dealkylation sites (N-methyl/N-ethyl adjacent to an activating group) is 2. The van der Waals surface area contributed by atoms with Crippen LogP contribution in [0.25, 0.3) is 0 Å². The molecule has 6 heteroatoms. The Morgan fingerprint density at radius 2 is 1.81 bits per heavy atom. The van der Waals surface area contributed by atoms with Gasteiger partial charge in [-0.2, -0.15) is 0 Å². The average Bonchev–Trinajstić information content (AvgIpc) is 2.77. The van der Waals surface area contributed by atoms with Crippen LogP contribution in [0.3, 0.4) is 0 Å². The molecule has 0 radical (unpaired) electrons. The third-order valence-electron chi connectivity index (χ3n) is 6.95. The fourth-order valence-corrected chi connectivity index (χ4v) is 4.96. The zero-order valence-corrected chi connectivity index (χ0v) is 19.5. The van der Waals surface area contributed by atoms with E-state index in [0.717, 1.165) is 56.6 Å². The van der Waals surface area contributed by atoms with E-state index in [1.807, 2.05) is 12.3 Å². The van der Waals surface area contributed by atoms with E-state index in [2.05, 4.69) is 78.2 Å². The van der Waals surface area contributed by atoms with Crippen LogP contribution in [0.4, 0.5) is 5.82 Å². The van der Waals surface area contributed by atoms with Crippen molar-refractivity contribution in [1.29, 1.82) is 0 Å². The van der Waals surface area contributed by atoms with Gasteiger partial charge in [0.2, 0.25) is 0 Å². The Morgan fingerprint density at radius 3 is 2.55 bits per heavy atom. The summed E-state index contributed by atoms with van der Waals surface area (Å²) < 4.78 is 2.21. The van der Waals surface area contributed by atoms with E-state index >= 15 is 0 Å². The van der Waals surface area contributed by atoms with Crippen molar-refractivity contribution in [2.45, 2.75) is 38.3 Å². The van der Waals surface area contributed by atoms with E-state index in [-0.39, 0.29) is 6.04 Å². The van der Waals surface area contributed by atoms with Gasteiger partial charge in [0.25, 0.3) is 0 Å². The van der Waals surface area contributed by atoms with E-state index < -0.39 is 0 Å². The number of aromatic nitrogens is 2. The Kier molecular flexibility index (Phi) is 6.58. The quantitative estimate of drug-likeness (QED) is 0.762. The Bertz CT molecular complexity index is 986.